The molecule has 1 aromatic heterocycles. The molecule has 2 atom stereocenters. The van der Waals surface area contributed by atoms with Crippen LogP contribution in [-0.4, -0.2) is 54.5 Å². The van der Waals surface area contributed by atoms with Gasteiger partial charge in [-0.3, -0.25) is 9.59 Å². The molecule has 3 aromatic rings. The maximum absolute atomic E-state index is 13.7. The molecule has 0 unspecified atom stereocenters. The average molecular weight is 493 g/mol. The van der Waals surface area contributed by atoms with Crippen LogP contribution in [0.25, 0.3) is 0 Å². The summed E-state index contributed by atoms with van der Waals surface area (Å²) in [4.78, 5) is 31.8. The maximum Gasteiger partial charge on any atom is 0.254 e. The number of nitrogens with zero attached hydrogens (tertiary/aromatic N) is 2. The van der Waals surface area contributed by atoms with E-state index in [2.05, 4.69) is 11.4 Å². The van der Waals surface area contributed by atoms with Gasteiger partial charge in [-0.1, -0.05) is 31.2 Å². The van der Waals surface area contributed by atoms with Crippen LogP contribution in [0.15, 0.2) is 66.0 Å². The molecule has 0 radical (unpaired) electrons. The van der Waals surface area contributed by atoms with Crippen LogP contribution in [0.5, 0.6) is 11.5 Å². The number of thiophene rings is 1. The number of hydrogen-bond donors (Lipinski definition) is 0. The molecule has 7 heteroatoms. The van der Waals surface area contributed by atoms with Crippen LogP contribution in [-0.2, 0) is 11.2 Å². The first-order chi connectivity index (χ1) is 17.0. The van der Waals surface area contributed by atoms with Crippen molar-refractivity contribution >= 4 is 23.2 Å². The van der Waals surface area contributed by atoms with Gasteiger partial charge in [-0.25, -0.2) is 0 Å². The number of ether oxygens (including phenoxy) is 2. The Hall–Kier alpha value is -3.32. The molecule has 6 nitrogen and oxygen atoms in total. The Bertz CT molecular complexity index is 1150. The van der Waals surface area contributed by atoms with E-state index in [9.17, 15) is 9.59 Å². The fourth-order valence-electron chi connectivity index (χ4n) is 4.37. The third-order valence-electron chi connectivity index (χ3n) is 6.57. The van der Waals surface area contributed by atoms with Gasteiger partial charge in [0.1, 0.15) is 24.7 Å². The molecule has 2 amide bonds. The summed E-state index contributed by atoms with van der Waals surface area (Å²) >= 11 is 1.72. The molecule has 0 bridgehead atoms. The highest BCUT2D eigenvalue weighted by molar-refractivity contribution is 7.10. The zero-order valence-electron chi connectivity index (χ0n) is 20.5. The first-order valence-corrected chi connectivity index (χ1v) is 12.9. The van der Waals surface area contributed by atoms with Crippen LogP contribution in [0.2, 0.25) is 0 Å². The third kappa shape index (κ3) is 5.68. The molecule has 0 spiro atoms. The zero-order valence-corrected chi connectivity index (χ0v) is 21.3. The summed E-state index contributed by atoms with van der Waals surface area (Å²) in [6.07, 6.45) is 1.58. The summed E-state index contributed by atoms with van der Waals surface area (Å²) in [5.41, 5.74) is 1.72. The zero-order chi connectivity index (χ0) is 24.8. The fourth-order valence-corrected chi connectivity index (χ4v) is 5.30. The van der Waals surface area contributed by atoms with E-state index in [-0.39, 0.29) is 30.4 Å². The van der Waals surface area contributed by atoms with Gasteiger partial charge >= 0.3 is 0 Å². The predicted octanol–water partition coefficient (Wildman–Crippen LogP) is 5.20. The van der Waals surface area contributed by atoms with Crippen LogP contribution in [0, 0.1) is 0 Å². The SMILES string of the molecule is CC[C@H](C)N(CC(=O)N1CCc2sccc2[C@H]1COc1cccc(OC)c1)C(=O)c1ccccc1. The molecule has 0 aliphatic carbocycles. The van der Waals surface area contributed by atoms with Crippen LogP contribution in [0.3, 0.4) is 0 Å². The summed E-state index contributed by atoms with van der Waals surface area (Å²) in [5.74, 6) is 1.23. The number of amides is 2. The molecule has 184 valence electrons. The van der Waals surface area contributed by atoms with Crippen molar-refractivity contribution in [2.24, 2.45) is 0 Å². The molecule has 2 aromatic carbocycles. The maximum atomic E-state index is 13.7. The van der Waals surface area contributed by atoms with Gasteiger partial charge in [0, 0.05) is 29.1 Å². The lowest BCUT2D eigenvalue weighted by molar-refractivity contribution is -0.136. The van der Waals surface area contributed by atoms with Crippen LogP contribution in [0.1, 0.15) is 47.1 Å². The first-order valence-electron chi connectivity index (χ1n) is 12.0. The lowest BCUT2D eigenvalue weighted by Crippen LogP contribution is -2.49. The van der Waals surface area contributed by atoms with Crippen LogP contribution in [0.4, 0.5) is 0 Å². The Labute approximate surface area is 211 Å². The number of hydrogen-bond acceptors (Lipinski definition) is 5. The summed E-state index contributed by atoms with van der Waals surface area (Å²) in [6.45, 7) is 5.00. The second kappa shape index (κ2) is 11.4. The smallest absolute Gasteiger partial charge is 0.254 e. The molecule has 4 rings (SSSR count). The number of rotatable bonds is 9. The lowest BCUT2D eigenvalue weighted by Gasteiger charge is -2.38. The monoisotopic (exact) mass is 492 g/mol. The van der Waals surface area contributed by atoms with E-state index in [4.69, 9.17) is 9.47 Å². The summed E-state index contributed by atoms with van der Waals surface area (Å²) in [6, 6.07) is 18.5. The van der Waals surface area contributed by atoms with Gasteiger partial charge in [0.05, 0.1) is 13.2 Å². The van der Waals surface area contributed by atoms with E-state index >= 15 is 0 Å². The standard InChI is InChI=1S/C28H32N2O4S/c1-4-20(2)30(28(32)21-9-6-5-7-10-21)18-27(31)29-15-13-26-24(14-16-35-26)25(29)19-34-23-12-8-11-22(17-23)33-3/h5-12,14,16-17,20,25H,4,13,15,18-19H2,1-3H3/t20-,25+/m0/s1. The second-order valence-corrected chi connectivity index (χ2v) is 9.70. The van der Waals surface area contributed by atoms with Crippen LogP contribution < -0.4 is 9.47 Å². The Morgan fingerprint density at radius 1 is 1.11 bits per heavy atom. The van der Waals surface area contributed by atoms with E-state index in [0.29, 0.717) is 24.5 Å². The van der Waals surface area contributed by atoms with Gasteiger partial charge in [0.15, 0.2) is 0 Å². The van der Waals surface area contributed by atoms with Crippen molar-refractivity contribution in [3.05, 3.63) is 82.0 Å². The van der Waals surface area contributed by atoms with E-state index in [1.165, 1.54) is 4.88 Å². The quantitative estimate of drug-likeness (QED) is 0.412. The largest absolute Gasteiger partial charge is 0.497 e. The minimum atomic E-state index is -0.214. The van der Waals surface area contributed by atoms with Gasteiger partial charge < -0.3 is 19.3 Å². The van der Waals surface area contributed by atoms with E-state index in [1.807, 2.05) is 61.2 Å². The van der Waals surface area contributed by atoms with Crippen molar-refractivity contribution < 1.29 is 19.1 Å². The number of carbonyl (C=O) groups is 2. The highest BCUT2D eigenvalue weighted by Gasteiger charge is 2.34. The summed E-state index contributed by atoms with van der Waals surface area (Å²) < 4.78 is 11.4. The average Bonchev–Trinajstić information content (AvgIpc) is 3.39. The van der Waals surface area contributed by atoms with Crippen molar-refractivity contribution in [3.8, 4) is 11.5 Å². The molecule has 1 aliphatic heterocycles. The van der Waals surface area contributed by atoms with E-state index in [0.717, 1.165) is 24.2 Å². The van der Waals surface area contributed by atoms with Gasteiger partial charge in [-0.15, -0.1) is 11.3 Å². The van der Waals surface area contributed by atoms with Crippen molar-refractivity contribution in [1.29, 1.82) is 0 Å². The Morgan fingerprint density at radius 3 is 2.63 bits per heavy atom. The molecule has 0 saturated heterocycles. The number of benzene rings is 2. The second-order valence-electron chi connectivity index (χ2n) is 8.70. The topological polar surface area (TPSA) is 59.1 Å². The molecule has 0 N–H and O–H groups in total. The molecule has 35 heavy (non-hydrogen) atoms. The van der Waals surface area contributed by atoms with E-state index < -0.39 is 0 Å². The van der Waals surface area contributed by atoms with Gasteiger partial charge in [0.25, 0.3) is 5.91 Å². The van der Waals surface area contributed by atoms with Crippen molar-refractivity contribution in [3.63, 3.8) is 0 Å². The highest BCUT2D eigenvalue weighted by atomic mass is 32.1. The Morgan fingerprint density at radius 2 is 1.89 bits per heavy atom. The molecular formula is C28H32N2O4S. The lowest BCUT2D eigenvalue weighted by atomic mass is 10.00. The Kier molecular flexibility index (Phi) is 8.08. The molecule has 2 heterocycles. The Balaban J connectivity index is 1.54. The van der Waals surface area contributed by atoms with Gasteiger partial charge in [-0.2, -0.15) is 0 Å². The third-order valence-corrected chi connectivity index (χ3v) is 7.57. The van der Waals surface area contributed by atoms with E-state index in [1.54, 1.807) is 35.5 Å². The minimum Gasteiger partial charge on any atom is -0.497 e. The fraction of sp³-hybridized carbons (Fsp3) is 0.357. The normalized spacial score (nSPS) is 15.7. The molecule has 0 saturated carbocycles. The van der Waals surface area contributed by atoms with Crippen molar-refractivity contribution in [2.45, 2.75) is 38.8 Å². The number of fused-ring (bicyclic) bond motifs is 1. The van der Waals surface area contributed by atoms with Gasteiger partial charge in [-0.05, 0) is 61.0 Å². The van der Waals surface area contributed by atoms with Gasteiger partial charge in [0.2, 0.25) is 5.91 Å². The minimum absolute atomic E-state index is 0.0395. The first kappa shape index (κ1) is 24.8. The predicted molar refractivity (Wildman–Crippen MR) is 138 cm³/mol. The van der Waals surface area contributed by atoms with Crippen molar-refractivity contribution in [2.75, 3.05) is 26.8 Å². The molecule has 1 aliphatic rings. The number of carbonyl (C=O) groups excluding carboxylic acids is 2. The summed E-state index contributed by atoms with van der Waals surface area (Å²) in [5, 5.41) is 2.07. The number of methoxy groups -OCH3 is 1. The van der Waals surface area contributed by atoms with Crippen molar-refractivity contribution in [1.82, 2.24) is 9.80 Å². The molecular weight excluding hydrogens is 460 g/mol. The highest BCUT2D eigenvalue weighted by Crippen LogP contribution is 2.34. The summed E-state index contributed by atoms with van der Waals surface area (Å²) in [7, 11) is 1.62. The van der Waals surface area contributed by atoms with Crippen LogP contribution >= 0.6 is 11.3 Å². The molecule has 0 fully saturated rings.